The number of rotatable bonds is 8. The Kier molecular flexibility index (Phi) is 6.57. The smallest absolute Gasteiger partial charge is 0.274 e. The monoisotopic (exact) mass is 424 g/mol. The molecule has 7 nitrogen and oxygen atoms in total. The summed E-state index contributed by atoms with van der Waals surface area (Å²) in [5.41, 5.74) is 0.510. The van der Waals surface area contributed by atoms with Crippen molar-refractivity contribution < 1.29 is 13.9 Å². The van der Waals surface area contributed by atoms with Crippen LogP contribution in [0.1, 0.15) is 18.5 Å². The van der Waals surface area contributed by atoms with Crippen molar-refractivity contribution in [1.29, 1.82) is 0 Å². The minimum Gasteiger partial charge on any atom is -0.484 e. The summed E-state index contributed by atoms with van der Waals surface area (Å²) in [5.74, 6) is -0.282. The molecule has 1 aliphatic rings. The van der Waals surface area contributed by atoms with Crippen molar-refractivity contribution in [3.63, 3.8) is 0 Å². The van der Waals surface area contributed by atoms with Gasteiger partial charge >= 0.3 is 0 Å². The molecule has 1 aromatic heterocycles. The molecule has 4 rings (SSSR count). The third-order valence-corrected chi connectivity index (χ3v) is 5.41. The zero-order chi connectivity index (χ0) is 21.6. The first-order valence-corrected chi connectivity index (χ1v) is 10.5. The minimum absolute atomic E-state index is 0.121. The quantitative estimate of drug-likeness (QED) is 0.601. The van der Waals surface area contributed by atoms with E-state index in [1.807, 2.05) is 18.2 Å². The van der Waals surface area contributed by atoms with Crippen LogP contribution in [0.3, 0.4) is 0 Å². The summed E-state index contributed by atoms with van der Waals surface area (Å²) < 4.78 is 19.8. The third kappa shape index (κ3) is 5.27. The summed E-state index contributed by atoms with van der Waals surface area (Å²) in [6, 6.07) is 12.8. The number of benzene rings is 2. The molecule has 3 aromatic rings. The first-order chi connectivity index (χ1) is 15.1. The van der Waals surface area contributed by atoms with Gasteiger partial charge in [0.15, 0.2) is 6.61 Å². The van der Waals surface area contributed by atoms with Crippen LogP contribution >= 0.6 is 0 Å². The zero-order valence-electron chi connectivity index (χ0n) is 17.2. The number of halogens is 1. The van der Waals surface area contributed by atoms with Crippen molar-refractivity contribution in [3.8, 4) is 5.75 Å². The standard InChI is InChI=1S/C23H25FN4O3/c24-17-7-9-18(10-8-17)31-16-22(29)25-15-21-19-5-1-2-6-20(19)23(30)28(26-21)14-13-27-11-3-4-12-27/h1-2,5-10H,3-4,11-16H2,(H,25,29). The number of likely N-dealkylation sites (tertiary alicyclic amines) is 1. The Morgan fingerprint density at radius 2 is 1.74 bits per heavy atom. The van der Waals surface area contributed by atoms with Gasteiger partial charge in [-0.25, -0.2) is 9.07 Å². The number of amides is 1. The van der Waals surface area contributed by atoms with Gasteiger partial charge < -0.3 is 15.0 Å². The van der Waals surface area contributed by atoms with E-state index in [1.54, 1.807) is 6.07 Å². The number of fused-ring (bicyclic) bond motifs is 1. The normalized spacial score (nSPS) is 14.1. The van der Waals surface area contributed by atoms with E-state index in [0.717, 1.165) is 25.0 Å². The Labute approximate surface area is 179 Å². The first kappa shape index (κ1) is 21.0. The number of hydrogen-bond acceptors (Lipinski definition) is 5. The molecule has 0 radical (unpaired) electrons. The lowest BCUT2D eigenvalue weighted by Crippen LogP contribution is -2.33. The van der Waals surface area contributed by atoms with E-state index in [4.69, 9.17) is 4.74 Å². The van der Waals surface area contributed by atoms with Crippen molar-refractivity contribution in [2.75, 3.05) is 26.2 Å². The molecule has 0 bridgehead atoms. The van der Waals surface area contributed by atoms with Gasteiger partial charge in [0.2, 0.25) is 0 Å². The zero-order valence-corrected chi connectivity index (χ0v) is 17.2. The fraction of sp³-hybridized carbons (Fsp3) is 0.348. The van der Waals surface area contributed by atoms with E-state index >= 15 is 0 Å². The Balaban J connectivity index is 1.44. The highest BCUT2D eigenvalue weighted by Gasteiger charge is 2.15. The number of ether oxygens (including phenoxy) is 1. The van der Waals surface area contributed by atoms with Crippen LogP contribution in [0.2, 0.25) is 0 Å². The number of nitrogens with zero attached hydrogens (tertiary/aromatic N) is 3. The second kappa shape index (κ2) is 9.70. The number of hydrogen-bond donors (Lipinski definition) is 1. The molecule has 0 atom stereocenters. The van der Waals surface area contributed by atoms with Gasteiger partial charge in [-0.1, -0.05) is 18.2 Å². The highest BCUT2D eigenvalue weighted by atomic mass is 19.1. The van der Waals surface area contributed by atoms with Gasteiger partial charge in [-0.2, -0.15) is 5.10 Å². The van der Waals surface area contributed by atoms with Crippen LogP contribution in [-0.4, -0.2) is 46.8 Å². The van der Waals surface area contributed by atoms with Crippen LogP contribution in [0.5, 0.6) is 5.75 Å². The Morgan fingerprint density at radius 3 is 2.48 bits per heavy atom. The van der Waals surface area contributed by atoms with Crippen LogP contribution in [0.4, 0.5) is 4.39 Å². The van der Waals surface area contributed by atoms with Crippen LogP contribution in [-0.2, 0) is 17.9 Å². The van der Waals surface area contributed by atoms with Gasteiger partial charge in [0.25, 0.3) is 11.5 Å². The van der Waals surface area contributed by atoms with Crippen LogP contribution in [0.15, 0.2) is 53.3 Å². The Bertz CT molecular complexity index is 1110. The highest BCUT2D eigenvalue weighted by molar-refractivity contribution is 5.84. The fourth-order valence-corrected chi connectivity index (χ4v) is 3.74. The number of aromatic nitrogens is 2. The first-order valence-electron chi connectivity index (χ1n) is 10.5. The van der Waals surface area contributed by atoms with Crippen molar-refractivity contribution >= 4 is 16.7 Å². The molecule has 2 heterocycles. The molecule has 1 N–H and O–H groups in total. The molecule has 1 fully saturated rings. The van der Waals surface area contributed by atoms with Gasteiger partial charge in [-0.3, -0.25) is 9.59 Å². The molecule has 0 spiro atoms. The number of nitrogens with one attached hydrogen (secondary N) is 1. The average molecular weight is 424 g/mol. The molecule has 31 heavy (non-hydrogen) atoms. The van der Waals surface area contributed by atoms with Crippen molar-refractivity contribution in [3.05, 3.63) is 70.4 Å². The average Bonchev–Trinajstić information content (AvgIpc) is 3.31. The second-order valence-corrected chi connectivity index (χ2v) is 7.59. The molecular weight excluding hydrogens is 399 g/mol. The van der Waals surface area contributed by atoms with Crippen molar-refractivity contribution in [2.24, 2.45) is 0 Å². The van der Waals surface area contributed by atoms with Gasteiger partial charge in [0, 0.05) is 11.9 Å². The topological polar surface area (TPSA) is 76.5 Å². The molecule has 0 aliphatic carbocycles. The van der Waals surface area contributed by atoms with Gasteiger partial charge in [0.1, 0.15) is 11.6 Å². The minimum atomic E-state index is -0.366. The molecular formula is C23H25FN4O3. The Hall–Kier alpha value is -3.26. The molecule has 162 valence electrons. The van der Waals surface area contributed by atoms with Crippen LogP contribution in [0.25, 0.3) is 10.8 Å². The van der Waals surface area contributed by atoms with E-state index < -0.39 is 0 Å². The largest absolute Gasteiger partial charge is 0.484 e. The lowest BCUT2D eigenvalue weighted by Gasteiger charge is -2.16. The van der Waals surface area contributed by atoms with Crippen molar-refractivity contribution in [2.45, 2.75) is 25.9 Å². The lowest BCUT2D eigenvalue weighted by molar-refractivity contribution is -0.123. The van der Waals surface area contributed by atoms with E-state index in [1.165, 1.54) is 41.8 Å². The predicted octanol–water partition coefficient (Wildman–Crippen LogP) is 2.33. The fourth-order valence-electron chi connectivity index (χ4n) is 3.74. The number of carbonyl (C=O) groups is 1. The maximum absolute atomic E-state index is 13.0. The maximum Gasteiger partial charge on any atom is 0.274 e. The summed E-state index contributed by atoms with van der Waals surface area (Å²) in [4.78, 5) is 27.4. The maximum atomic E-state index is 13.0. The van der Waals surface area contributed by atoms with Gasteiger partial charge in [-0.05, 0) is 56.3 Å². The summed E-state index contributed by atoms with van der Waals surface area (Å²) in [5, 5.41) is 8.65. The summed E-state index contributed by atoms with van der Waals surface area (Å²) in [7, 11) is 0. The van der Waals surface area contributed by atoms with E-state index in [9.17, 15) is 14.0 Å². The molecule has 1 amide bonds. The van der Waals surface area contributed by atoms with Gasteiger partial charge in [-0.15, -0.1) is 0 Å². The molecule has 0 unspecified atom stereocenters. The van der Waals surface area contributed by atoms with E-state index in [2.05, 4.69) is 15.3 Å². The lowest BCUT2D eigenvalue weighted by atomic mass is 10.1. The summed E-state index contributed by atoms with van der Waals surface area (Å²) in [6.45, 7) is 3.38. The molecule has 0 saturated carbocycles. The van der Waals surface area contributed by atoms with Crippen LogP contribution < -0.4 is 15.6 Å². The molecule has 1 aliphatic heterocycles. The molecule has 2 aromatic carbocycles. The number of carbonyl (C=O) groups excluding carboxylic acids is 1. The Morgan fingerprint density at radius 1 is 1.03 bits per heavy atom. The van der Waals surface area contributed by atoms with Crippen molar-refractivity contribution in [1.82, 2.24) is 20.0 Å². The second-order valence-electron chi connectivity index (χ2n) is 7.59. The SMILES string of the molecule is O=C(COc1ccc(F)cc1)NCc1nn(CCN2CCCC2)c(=O)c2ccccc12. The van der Waals surface area contributed by atoms with E-state index in [0.29, 0.717) is 23.4 Å². The van der Waals surface area contributed by atoms with E-state index in [-0.39, 0.29) is 30.4 Å². The summed E-state index contributed by atoms with van der Waals surface area (Å²) >= 11 is 0. The highest BCUT2D eigenvalue weighted by Crippen LogP contribution is 2.14. The molecule has 8 heteroatoms. The van der Waals surface area contributed by atoms with Crippen LogP contribution in [0, 0.1) is 5.82 Å². The van der Waals surface area contributed by atoms with Gasteiger partial charge in [0.05, 0.1) is 24.2 Å². The predicted molar refractivity (Wildman–Crippen MR) is 115 cm³/mol. The molecule has 1 saturated heterocycles. The third-order valence-electron chi connectivity index (χ3n) is 5.41. The summed E-state index contributed by atoms with van der Waals surface area (Å²) in [6.07, 6.45) is 2.38.